The quantitative estimate of drug-likeness (QED) is 0.188. The van der Waals surface area contributed by atoms with Crippen LogP contribution in [-0.2, 0) is 29.1 Å². The van der Waals surface area contributed by atoms with Crippen molar-refractivity contribution in [3.63, 3.8) is 0 Å². The number of aliphatic carboxylic acids is 1. The molecule has 4 aromatic carbocycles. The van der Waals surface area contributed by atoms with Crippen LogP contribution in [0.4, 0.5) is 4.79 Å². The Kier molecular flexibility index (Phi) is 9.28. The van der Waals surface area contributed by atoms with Crippen LogP contribution in [0.1, 0.15) is 27.0 Å². The van der Waals surface area contributed by atoms with Gasteiger partial charge < -0.3 is 19.9 Å². The molecule has 5 rings (SSSR count). The molecule has 0 aliphatic heterocycles. The van der Waals surface area contributed by atoms with E-state index in [2.05, 4.69) is 5.32 Å². The molecule has 0 unspecified atom stereocenters. The first-order valence-electron chi connectivity index (χ1n) is 13.5. The Bertz CT molecular complexity index is 1780. The Hall–Kier alpha value is -5.22. The lowest BCUT2D eigenvalue weighted by Crippen LogP contribution is -2.42. The van der Waals surface area contributed by atoms with Crippen molar-refractivity contribution in [2.24, 2.45) is 0 Å². The van der Waals surface area contributed by atoms with Gasteiger partial charge in [0.1, 0.15) is 25.0 Å². The molecule has 218 valence electrons. The Morgan fingerprint density at radius 1 is 0.837 bits per heavy atom. The van der Waals surface area contributed by atoms with Gasteiger partial charge in [-0.1, -0.05) is 84.1 Å². The highest BCUT2D eigenvalue weighted by Crippen LogP contribution is 2.21. The van der Waals surface area contributed by atoms with Gasteiger partial charge in [0.2, 0.25) is 0 Å². The predicted octanol–water partition coefficient (Wildman–Crippen LogP) is 5.30. The van der Waals surface area contributed by atoms with Gasteiger partial charge in [0, 0.05) is 17.5 Å². The number of amides is 1. The maximum absolute atomic E-state index is 12.8. The summed E-state index contributed by atoms with van der Waals surface area (Å²) in [4.78, 5) is 49.2. The molecular weight excluding hydrogens is 568 g/mol. The van der Waals surface area contributed by atoms with E-state index in [0.717, 1.165) is 27.1 Å². The largest absolute Gasteiger partial charge is 0.492 e. The number of hydrogen-bond acceptors (Lipinski definition) is 7. The molecule has 5 aromatic rings. The molecule has 0 saturated heterocycles. The van der Waals surface area contributed by atoms with Gasteiger partial charge in [-0.2, -0.15) is 0 Å². The summed E-state index contributed by atoms with van der Waals surface area (Å²) in [5, 5.41) is 12.0. The number of carbonyl (C=O) groups is 3. The minimum atomic E-state index is -1.18. The number of carboxylic acids is 1. The molecule has 1 aromatic heterocycles. The van der Waals surface area contributed by atoms with Gasteiger partial charge in [-0.15, -0.1) is 0 Å². The lowest BCUT2D eigenvalue weighted by atomic mass is 10.0. The van der Waals surface area contributed by atoms with E-state index in [1.165, 1.54) is 0 Å². The molecule has 0 radical (unpaired) electrons. The van der Waals surface area contributed by atoms with E-state index in [1.807, 2.05) is 36.4 Å². The maximum atomic E-state index is 12.8. The zero-order valence-corrected chi connectivity index (χ0v) is 23.8. The molecule has 1 heterocycles. The number of rotatable bonds is 12. The third-order valence-electron chi connectivity index (χ3n) is 6.72. The monoisotopic (exact) mass is 596 g/mol. The molecule has 0 aliphatic rings. The minimum Gasteiger partial charge on any atom is -0.492 e. The first-order chi connectivity index (χ1) is 20.9. The molecule has 0 fully saturated rings. The van der Waals surface area contributed by atoms with E-state index in [1.54, 1.807) is 71.3 Å². The topological polar surface area (TPSA) is 124 Å². The van der Waals surface area contributed by atoms with Gasteiger partial charge in [0.05, 0.1) is 16.8 Å². The predicted molar refractivity (Wildman–Crippen MR) is 163 cm³/mol. The number of ether oxygens (including phenoxy) is 2. The second-order valence-electron chi connectivity index (χ2n) is 9.69. The lowest BCUT2D eigenvalue weighted by Gasteiger charge is -2.15. The molecule has 9 nitrogen and oxygen atoms in total. The van der Waals surface area contributed by atoms with Crippen LogP contribution in [0.3, 0.4) is 0 Å². The Balaban J connectivity index is 1.14. The standard InChI is InChI=1S/C33H28N2O7S/c36-30(24-9-5-2-6-10-24)25-13-16-28-29(20-25)43-33(40)35(28)17-18-41-26-14-11-22(12-15-26)19-27(31(37)38)34-32(39)42-21-23-7-3-1-4-8-23/h1-16,20,27H,17-19,21H2,(H,34,39)(H,37,38)/t27-/m0/s1. The second-order valence-corrected chi connectivity index (χ2v) is 10.7. The number of ketones is 1. The van der Waals surface area contributed by atoms with Crippen molar-refractivity contribution in [3.05, 3.63) is 135 Å². The van der Waals surface area contributed by atoms with Crippen LogP contribution in [0.15, 0.2) is 108 Å². The fourth-order valence-electron chi connectivity index (χ4n) is 4.49. The second kappa shape index (κ2) is 13.6. The van der Waals surface area contributed by atoms with Crippen molar-refractivity contribution in [2.45, 2.75) is 25.6 Å². The number of alkyl carbamates (subject to hydrolysis) is 1. The average Bonchev–Trinajstić information content (AvgIpc) is 3.34. The van der Waals surface area contributed by atoms with Crippen LogP contribution < -0.4 is 14.9 Å². The average molecular weight is 597 g/mol. The van der Waals surface area contributed by atoms with E-state index >= 15 is 0 Å². The summed E-state index contributed by atoms with van der Waals surface area (Å²) >= 11 is 1.08. The third-order valence-corrected chi connectivity index (χ3v) is 7.66. The fraction of sp³-hybridized carbons (Fsp3) is 0.152. The van der Waals surface area contributed by atoms with Crippen LogP contribution in [0, 0.1) is 0 Å². The van der Waals surface area contributed by atoms with Crippen molar-refractivity contribution in [2.75, 3.05) is 6.61 Å². The summed E-state index contributed by atoms with van der Waals surface area (Å²) in [6, 6.07) is 29.0. The molecule has 1 atom stereocenters. The number of nitrogens with one attached hydrogen (secondary N) is 1. The number of carbonyl (C=O) groups excluding carboxylic acids is 2. The molecule has 43 heavy (non-hydrogen) atoms. The van der Waals surface area contributed by atoms with Crippen molar-refractivity contribution in [1.82, 2.24) is 9.88 Å². The molecule has 10 heteroatoms. The zero-order chi connectivity index (χ0) is 30.2. The smallest absolute Gasteiger partial charge is 0.408 e. The summed E-state index contributed by atoms with van der Waals surface area (Å²) in [6.45, 7) is 0.568. The fourth-order valence-corrected chi connectivity index (χ4v) is 5.45. The third kappa shape index (κ3) is 7.55. The summed E-state index contributed by atoms with van der Waals surface area (Å²) in [7, 11) is 0. The molecule has 0 bridgehead atoms. The summed E-state index contributed by atoms with van der Waals surface area (Å²) in [6.07, 6.45) is -0.757. The van der Waals surface area contributed by atoms with Crippen LogP contribution in [0.5, 0.6) is 5.75 Å². The van der Waals surface area contributed by atoms with Crippen LogP contribution in [-0.4, -0.2) is 40.2 Å². The highest BCUT2D eigenvalue weighted by atomic mass is 32.1. The molecule has 0 aliphatic carbocycles. The van der Waals surface area contributed by atoms with E-state index < -0.39 is 18.1 Å². The Morgan fingerprint density at radius 3 is 2.23 bits per heavy atom. The highest BCUT2D eigenvalue weighted by molar-refractivity contribution is 7.16. The molecule has 0 saturated carbocycles. The minimum absolute atomic E-state index is 0.0350. The summed E-state index contributed by atoms with van der Waals surface area (Å²) < 4.78 is 13.3. The van der Waals surface area contributed by atoms with Gasteiger partial charge in [0.15, 0.2) is 5.78 Å². The highest BCUT2D eigenvalue weighted by Gasteiger charge is 2.21. The number of carboxylic acid groups (broad SMARTS) is 1. The number of fused-ring (bicyclic) bond motifs is 1. The van der Waals surface area contributed by atoms with E-state index in [4.69, 9.17) is 9.47 Å². The molecule has 1 amide bonds. The van der Waals surface area contributed by atoms with Gasteiger partial charge in [-0.3, -0.25) is 14.2 Å². The molecule has 0 spiro atoms. The first kappa shape index (κ1) is 29.3. The van der Waals surface area contributed by atoms with Gasteiger partial charge in [0.25, 0.3) is 0 Å². The molecule has 2 N–H and O–H groups in total. The lowest BCUT2D eigenvalue weighted by molar-refractivity contribution is -0.139. The van der Waals surface area contributed by atoms with Crippen LogP contribution in [0.2, 0.25) is 0 Å². The van der Waals surface area contributed by atoms with Gasteiger partial charge >= 0.3 is 16.9 Å². The van der Waals surface area contributed by atoms with Crippen molar-refractivity contribution < 1.29 is 29.0 Å². The number of aromatic nitrogens is 1. The van der Waals surface area contributed by atoms with Crippen molar-refractivity contribution in [3.8, 4) is 5.75 Å². The number of benzene rings is 4. The first-order valence-corrected chi connectivity index (χ1v) is 14.3. The van der Waals surface area contributed by atoms with E-state index in [0.29, 0.717) is 29.0 Å². The van der Waals surface area contributed by atoms with E-state index in [-0.39, 0.29) is 30.3 Å². The van der Waals surface area contributed by atoms with Crippen LogP contribution >= 0.6 is 11.3 Å². The van der Waals surface area contributed by atoms with Gasteiger partial charge in [-0.25, -0.2) is 9.59 Å². The zero-order valence-electron chi connectivity index (χ0n) is 23.0. The number of hydrogen-bond donors (Lipinski definition) is 2. The SMILES string of the molecule is O=C(N[C@@H](Cc1ccc(OCCn2c(=O)sc3cc(C(=O)c4ccccc4)ccc32)cc1)C(=O)O)OCc1ccccc1. The van der Waals surface area contributed by atoms with Crippen LogP contribution in [0.25, 0.3) is 10.2 Å². The summed E-state index contributed by atoms with van der Waals surface area (Å²) in [5.41, 5.74) is 3.32. The molecular formula is C33H28N2O7S. The van der Waals surface area contributed by atoms with Gasteiger partial charge in [-0.05, 0) is 41.5 Å². The normalized spacial score (nSPS) is 11.5. The van der Waals surface area contributed by atoms with Crippen molar-refractivity contribution >= 4 is 39.4 Å². The van der Waals surface area contributed by atoms with E-state index in [9.17, 15) is 24.3 Å². The number of thiazole rings is 1. The summed E-state index contributed by atoms with van der Waals surface area (Å²) in [5.74, 6) is -0.730. The van der Waals surface area contributed by atoms with Crippen molar-refractivity contribution in [1.29, 1.82) is 0 Å². The maximum Gasteiger partial charge on any atom is 0.408 e. The Morgan fingerprint density at radius 2 is 1.53 bits per heavy atom. The number of nitrogens with zero attached hydrogens (tertiary/aromatic N) is 1. The Labute approximate surface area is 250 Å².